The van der Waals surface area contributed by atoms with Crippen LogP contribution in [0.15, 0.2) is 36.4 Å². The fraction of sp³-hybridized carbons (Fsp3) is 0.368. The van der Waals surface area contributed by atoms with Crippen LogP contribution in [0.1, 0.15) is 24.2 Å². The van der Waals surface area contributed by atoms with Crippen LogP contribution in [0, 0.1) is 11.7 Å². The van der Waals surface area contributed by atoms with Gasteiger partial charge < -0.3 is 10.2 Å². The Morgan fingerprint density at radius 1 is 1.07 bits per heavy atom. The van der Waals surface area contributed by atoms with Crippen molar-refractivity contribution in [2.24, 2.45) is 5.92 Å². The molecule has 1 aliphatic rings. The van der Waals surface area contributed by atoms with Crippen molar-refractivity contribution < 1.29 is 22.4 Å². The lowest BCUT2D eigenvalue weighted by molar-refractivity contribution is -0.146. The van der Waals surface area contributed by atoms with Gasteiger partial charge in [0.25, 0.3) is 5.82 Å². The number of carbonyl (C=O) groups excluding carboxylic acids is 1. The molecule has 0 atom stereocenters. The Hall–Kier alpha value is -3.24. The summed E-state index contributed by atoms with van der Waals surface area (Å²) in [4.78, 5) is 14.2. The third-order valence-electron chi connectivity index (χ3n) is 5.07. The van der Waals surface area contributed by atoms with Crippen LogP contribution in [0.25, 0.3) is 5.65 Å². The van der Waals surface area contributed by atoms with Gasteiger partial charge in [0.15, 0.2) is 5.65 Å². The molecule has 30 heavy (non-hydrogen) atoms. The van der Waals surface area contributed by atoms with Gasteiger partial charge in [-0.05, 0) is 42.7 Å². The average molecular weight is 422 g/mol. The summed E-state index contributed by atoms with van der Waals surface area (Å²) < 4.78 is 52.8. The number of alkyl halides is 3. The van der Waals surface area contributed by atoms with Crippen LogP contribution < -0.4 is 10.2 Å². The maximum Gasteiger partial charge on any atom is 0.453 e. The number of hydrogen-bond acceptors (Lipinski definition) is 5. The molecule has 158 valence electrons. The van der Waals surface area contributed by atoms with E-state index in [0.717, 1.165) is 5.56 Å². The molecule has 0 saturated carbocycles. The zero-order valence-corrected chi connectivity index (χ0v) is 15.7. The lowest BCUT2D eigenvalue weighted by atomic mass is 9.96. The topological polar surface area (TPSA) is 75.4 Å². The molecule has 3 heterocycles. The molecule has 4 rings (SSSR count). The van der Waals surface area contributed by atoms with E-state index in [1.54, 1.807) is 18.2 Å². The number of hydrogen-bond donors (Lipinski definition) is 1. The quantitative estimate of drug-likeness (QED) is 0.655. The van der Waals surface area contributed by atoms with Crippen LogP contribution in [0.5, 0.6) is 0 Å². The Balaban J connectivity index is 1.37. The lowest BCUT2D eigenvalue weighted by Gasteiger charge is -2.32. The molecule has 7 nitrogen and oxygen atoms in total. The zero-order chi connectivity index (χ0) is 21.3. The van der Waals surface area contributed by atoms with Crippen molar-refractivity contribution in [2.45, 2.75) is 25.6 Å². The fourth-order valence-corrected chi connectivity index (χ4v) is 3.43. The van der Waals surface area contributed by atoms with Crippen molar-refractivity contribution in [2.75, 3.05) is 18.0 Å². The highest BCUT2D eigenvalue weighted by atomic mass is 19.4. The van der Waals surface area contributed by atoms with Gasteiger partial charge >= 0.3 is 6.18 Å². The molecule has 3 aromatic rings. The van der Waals surface area contributed by atoms with Gasteiger partial charge in [0.1, 0.15) is 11.6 Å². The molecule has 0 spiro atoms. The van der Waals surface area contributed by atoms with Gasteiger partial charge in [-0.25, -0.2) is 4.39 Å². The normalized spacial score (nSPS) is 15.5. The molecule has 0 aliphatic carbocycles. The second-order valence-electron chi connectivity index (χ2n) is 7.09. The van der Waals surface area contributed by atoms with Gasteiger partial charge in [0.05, 0.1) is 0 Å². The first-order valence-corrected chi connectivity index (χ1v) is 9.38. The maximum atomic E-state index is 13.0. The van der Waals surface area contributed by atoms with Crippen LogP contribution >= 0.6 is 0 Å². The Morgan fingerprint density at radius 2 is 1.77 bits per heavy atom. The molecule has 1 aromatic carbocycles. The van der Waals surface area contributed by atoms with Gasteiger partial charge in [-0.15, -0.1) is 15.3 Å². The van der Waals surface area contributed by atoms with E-state index in [0.29, 0.717) is 42.8 Å². The SMILES string of the molecule is O=C(NCc1ccc(F)cc1)C1CCN(c2ccc3nnc(C(F)(F)F)n3n2)CC1. The largest absolute Gasteiger partial charge is 0.453 e. The van der Waals surface area contributed by atoms with E-state index in [9.17, 15) is 22.4 Å². The molecule has 0 unspecified atom stereocenters. The highest BCUT2D eigenvalue weighted by Gasteiger charge is 2.38. The summed E-state index contributed by atoms with van der Waals surface area (Å²) in [5, 5.41) is 13.6. The minimum absolute atomic E-state index is 0.0149. The fourth-order valence-electron chi connectivity index (χ4n) is 3.43. The minimum atomic E-state index is -4.65. The van der Waals surface area contributed by atoms with E-state index in [-0.39, 0.29) is 23.3 Å². The van der Waals surface area contributed by atoms with Crippen molar-refractivity contribution in [1.29, 1.82) is 0 Å². The molecular weight excluding hydrogens is 404 g/mol. The van der Waals surface area contributed by atoms with Crippen molar-refractivity contribution in [3.8, 4) is 0 Å². The zero-order valence-electron chi connectivity index (χ0n) is 15.7. The molecule has 1 aliphatic heterocycles. The summed E-state index contributed by atoms with van der Waals surface area (Å²) in [7, 11) is 0. The van der Waals surface area contributed by atoms with Crippen LogP contribution in [0.3, 0.4) is 0 Å². The Bertz CT molecular complexity index is 1040. The van der Waals surface area contributed by atoms with E-state index in [1.165, 1.54) is 18.2 Å². The number of rotatable bonds is 4. The highest BCUT2D eigenvalue weighted by molar-refractivity contribution is 5.79. The van der Waals surface area contributed by atoms with Crippen molar-refractivity contribution in [1.82, 2.24) is 25.1 Å². The van der Waals surface area contributed by atoms with Gasteiger partial charge in [0, 0.05) is 25.6 Å². The van der Waals surface area contributed by atoms with E-state index < -0.39 is 12.0 Å². The Kier molecular flexibility index (Phi) is 5.27. The van der Waals surface area contributed by atoms with Gasteiger partial charge in [-0.1, -0.05) is 12.1 Å². The van der Waals surface area contributed by atoms with E-state index >= 15 is 0 Å². The predicted octanol–water partition coefficient (Wildman–Crippen LogP) is 2.82. The van der Waals surface area contributed by atoms with E-state index in [2.05, 4.69) is 20.6 Å². The monoisotopic (exact) mass is 422 g/mol. The predicted molar refractivity (Wildman–Crippen MR) is 99.0 cm³/mol. The summed E-state index contributed by atoms with van der Waals surface area (Å²) in [5.41, 5.74) is 0.815. The molecule has 0 bridgehead atoms. The number of aromatic nitrogens is 4. The van der Waals surface area contributed by atoms with Crippen LogP contribution in [0.4, 0.5) is 23.4 Å². The first kappa shape index (κ1) is 20.0. The summed E-state index contributed by atoms with van der Waals surface area (Å²) in [6.07, 6.45) is -3.56. The van der Waals surface area contributed by atoms with Crippen molar-refractivity contribution in [3.63, 3.8) is 0 Å². The van der Waals surface area contributed by atoms with Gasteiger partial charge in [0.2, 0.25) is 5.91 Å². The van der Waals surface area contributed by atoms with Crippen LogP contribution in [-0.4, -0.2) is 38.8 Å². The van der Waals surface area contributed by atoms with Crippen LogP contribution in [0.2, 0.25) is 0 Å². The van der Waals surface area contributed by atoms with Crippen molar-refractivity contribution >= 4 is 17.4 Å². The molecule has 0 radical (unpaired) electrons. The molecule has 1 N–H and O–H groups in total. The summed E-state index contributed by atoms with van der Waals surface area (Å²) >= 11 is 0. The van der Waals surface area contributed by atoms with Crippen LogP contribution in [-0.2, 0) is 17.5 Å². The van der Waals surface area contributed by atoms with Crippen molar-refractivity contribution in [3.05, 3.63) is 53.6 Å². The van der Waals surface area contributed by atoms with Gasteiger partial charge in [-0.3, -0.25) is 4.79 Å². The average Bonchev–Trinajstić information content (AvgIpc) is 3.17. The second kappa shape index (κ2) is 7.88. The van der Waals surface area contributed by atoms with E-state index in [1.807, 2.05) is 4.90 Å². The molecule has 1 saturated heterocycles. The summed E-state index contributed by atoms with van der Waals surface area (Å²) in [6, 6.07) is 8.93. The molecular formula is C19H18F4N6O. The summed E-state index contributed by atoms with van der Waals surface area (Å²) in [5.74, 6) is -1.43. The minimum Gasteiger partial charge on any atom is -0.355 e. The number of amides is 1. The Morgan fingerprint density at radius 3 is 2.43 bits per heavy atom. The molecule has 1 amide bonds. The maximum absolute atomic E-state index is 13.0. The number of halogens is 4. The third kappa shape index (κ3) is 4.19. The summed E-state index contributed by atoms with van der Waals surface area (Å²) in [6.45, 7) is 1.28. The molecule has 2 aromatic heterocycles. The number of nitrogens with one attached hydrogen (secondary N) is 1. The second-order valence-corrected chi connectivity index (χ2v) is 7.09. The van der Waals surface area contributed by atoms with E-state index in [4.69, 9.17) is 0 Å². The number of carbonyl (C=O) groups is 1. The highest BCUT2D eigenvalue weighted by Crippen LogP contribution is 2.28. The molecule has 1 fully saturated rings. The Labute approximate surface area is 168 Å². The number of piperidine rings is 1. The first-order chi connectivity index (χ1) is 14.3. The smallest absolute Gasteiger partial charge is 0.355 e. The standard InChI is InChI=1S/C19H18F4N6O/c20-14-3-1-12(2-4-14)11-24-17(30)13-7-9-28(10-8-13)16-6-5-15-25-26-18(19(21,22)23)29(15)27-16/h1-6,13H,7-11H2,(H,24,30). The lowest BCUT2D eigenvalue weighted by Crippen LogP contribution is -2.40. The number of anilines is 1. The third-order valence-corrected chi connectivity index (χ3v) is 5.07. The first-order valence-electron chi connectivity index (χ1n) is 9.38. The number of fused-ring (bicyclic) bond motifs is 1. The van der Waals surface area contributed by atoms with Gasteiger partial charge in [-0.2, -0.15) is 17.7 Å². The number of benzene rings is 1. The number of nitrogens with zero attached hydrogens (tertiary/aromatic N) is 5. The molecule has 11 heteroatoms.